The van der Waals surface area contributed by atoms with Crippen LogP contribution < -0.4 is 20.1 Å². The molecule has 0 radical (unpaired) electrons. The molecule has 0 saturated carbocycles. The van der Waals surface area contributed by atoms with Crippen LogP contribution in [0.15, 0.2) is 59.1 Å². The third kappa shape index (κ3) is 6.59. The number of ether oxygens (including phenoxy) is 2. The second-order valence-corrected chi connectivity index (χ2v) is 9.94. The minimum Gasteiger partial charge on any atom is -0.491 e. The highest BCUT2D eigenvalue weighted by Gasteiger charge is 2.23. The van der Waals surface area contributed by atoms with Crippen molar-refractivity contribution in [3.05, 3.63) is 65.4 Å². The molecule has 2 aromatic carbocycles. The summed E-state index contributed by atoms with van der Waals surface area (Å²) in [6.45, 7) is 3.53. The standard InChI is InChI=1S/C28H31ClN6O4/c1-30-27(36)24-16-21(8-10-31-24)38-20-5-7-25-23(15-20)33-28(39-25)32-18-4-6-22(29)26(14-18)37-13-12-35-11-9-19(17-35)34(2)3/h4-8,10,14-16,19H,9,11-13,17H2,1-3H3,(H,30,36)(H,32,33). The minimum absolute atomic E-state index is 0.268. The van der Waals surface area contributed by atoms with Crippen molar-refractivity contribution in [1.82, 2.24) is 25.1 Å². The number of hydrogen-bond acceptors (Lipinski definition) is 9. The van der Waals surface area contributed by atoms with Gasteiger partial charge in [0, 0.05) is 56.3 Å². The van der Waals surface area contributed by atoms with Crippen LogP contribution in [0.1, 0.15) is 16.9 Å². The van der Waals surface area contributed by atoms with Gasteiger partial charge < -0.3 is 29.4 Å². The quantitative estimate of drug-likeness (QED) is 0.288. The Morgan fingerprint density at radius 1 is 1.18 bits per heavy atom. The van der Waals surface area contributed by atoms with Crippen LogP contribution in [0.25, 0.3) is 11.1 Å². The maximum Gasteiger partial charge on any atom is 0.300 e. The summed E-state index contributed by atoms with van der Waals surface area (Å²) in [5.41, 5.74) is 2.22. The molecule has 4 aromatic rings. The monoisotopic (exact) mass is 550 g/mol. The first kappa shape index (κ1) is 26.7. The van der Waals surface area contributed by atoms with Gasteiger partial charge in [-0.3, -0.25) is 14.7 Å². The van der Waals surface area contributed by atoms with E-state index in [1.807, 2.05) is 12.1 Å². The molecule has 1 aliphatic rings. The molecule has 10 nitrogen and oxygen atoms in total. The van der Waals surface area contributed by atoms with Crippen LogP contribution >= 0.6 is 11.6 Å². The van der Waals surface area contributed by atoms with Crippen molar-refractivity contribution in [2.75, 3.05) is 52.7 Å². The molecule has 1 unspecified atom stereocenters. The van der Waals surface area contributed by atoms with E-state index in [4.69, 9.17) is 25.5 Å². The number of rotatable bonds is 10. The summed E-state index contributed by atoms with van der Waals surface area (Å²) in [5.74, 6) is 1.35. The molecular formula is C28H31ClN6O4. The van der Waals surface area contributed by atoms with Crippen molar-refractivity contribution in [1.29, 1.82) is 0 Å². The molecule has 39 heavy (non-hydrogen) atoms. The summed E-state index contributed by atoms with van der Waals surface area (Å²) in [6.07, 6.45) is 2.70. The predicted octanol–water partition coefficient (Wildman–Crippen LogP) is 4.79. The van der Waals surface area contributed by atoms with Crippen LogP contribution in [-0.2, 0) is 0 Å². The Kier molecular flexibility index (Phi) is 8.16. The number of oxazole rings is 1. The topological polar surface area (TPSA) is 105 Å². The maximum absolute atomic E-state index is 11.8. The van der Waals surface area contributed by atoms with Gasteiger partial charge in [0.1, 0.15) is 35.1 Å². The Bertz CT molecular complexity index is 1460. The predicted molar refractivity (Wildman–Crippen MR) is 150 cm³/mol. The highest BCUT2D eigenvalue weighted by molar-refractivity contribution is 6.32. The molecule has 5 rings (SSSR count). The van der Waals surface area contributed by atoms with Crippen molar-refractivity contribution < 1.29 is 18.7 Å². The molecule has 0 bridgehead atoms. The summed E-state index contributed by atoms with van der Waals surface area (Å²) in [7, 11) is 5.80. The number of benzene rings is 2. The molecule has 0 aliphatic carbocycles. The molecule has 0 spiro atoms. The average molecular weight is 551 g/mol. The number of nitrogens with zero attached hydrogens (tertiary/aromatic N) is 4. The van der Waals surface area contributed by atoms with E-state index in [1.165, 1.54) is 12.6 Å². The molecule has 11 heteroatoms. The van der Waals surface area contributed by atoms with E-state index in [1.54, 1.807) is 43.4 Å². The largest absolute Gasteiger partial charge is 0.491 e. The van der Waals surface area contributed by atoms with E-state index >= 15 is 0 Å². The molecule has 2 aromatic heterocycles. The SMILES string of the molecule is CNC(=O)c1cc(Oc2ccc3oc(Nc4ccc(Cl)c(OCCN5CCC(N(C)C)C5)c4)nc3c2)ccn1. The number of pyridine rings is 1. The summed E-state index contributed by atoms with van der Waals surface area (Å²) in [5, 5.41) is 6.27. The summed E-state index contributed by atoms with van der Waals surface area (Å²) < 4.78 is 17.8. The van der Waals surface area contributed by atoms with Crippen LogP contribution in [0.5, 0.6) is 17.2 Å². The van der Waals surface area contributed by atoms with Gasteiger partial charge in [-0.15, -0.1) is 0 Å². The van der Waals surface area contributed by atoms with Crippen LogP contribution in [0.3, 0.4) is 0 Å². The molecule has 204 valence electrons. The van der Waals surface area contributed by atoms with E-state index in [-0.39, 0.29) is 11.6 Å². The maximum atomic E-state index is 11.8. The van der Waals surface area contributed by atoms with Gasteiger partial charge in [0.15, 0.2) is 5.58 Å². The van der Waals surface area contributed by atoms with E-state index in [9.17, 15) is 4.79 Å². The van der Waals surface area contributed by atoms with E-state index in [0.717, 1.165) is 25.3 Å². The number of fused-ring (bicyclic) bond motifs is 1. The van der Waals surface area contributed by atoms with E-state index in [0.29, 0.717) is 52.0 Å². The first-order valence-corrected chi connectivity index (χ1v) is 13.1. The van der Waals surface area contributed by atoms with Crippen molar-refractivity contribution in [3.63, 3.8) is 0 Å². The van der Waals surface area contributed by atoms with Gasteiger partial charge in [0.25, 0.3) is 11.9 Å². The lowest BCUT2D eigenvalue weighted by molar-refractivity contribution is 0.0958. The van der Waals surface area contributed by atoms with Crippen LogP contribution in [-0.4, -0.2) is 79.1 Å². The minimum atomic E-state index is -0.288. The number of carbonyl (C=O) groups is 1. The third-order valence-electron chi connectivity index (χ3n) is 6.61. The number of anilines is 2. The molecule has 1 amide bonds. The number of nitrogens with one attached hydrogen (secondary N) is 2. The first-order chi connectivity index (χ1) is 18.9. The number of hydrogen-bond donors (Lipinski definition) is 2. The Hall–Kier alpha value is -3.86. The molecule has 1 saturated heterocycles. The number of likely N-dealkylation sites (tertiary alicyclic amines) is 1. The lowest BCUT2D eigenvalue weighted by Crippen LogP contribution is -2.33. The molecular weight excluding hydrogens is 520 g/mol. The van der Waals surface area contributed by atoms with Gasteiger partial charge in [-0.1, -0.05) is 11.6 Å². The number of likely N-dealkylation sites (N-methyl/N-ethyl adjacent to an activating group) is 1. The van der Waals surface area contributed by atoms with Gasteiger partial charge >= 0.3 is 0 Å². The molecule has 1 atom stereocenters. The zero-order chi connectivity index (χ0) is 27.4. The second kappa shape index (κ2) is 11.9. The normalized spacial score (nSPS) is 15.6. The summed E-state index contributed by atoms with van der Waals surface area (Å²) in [6, 6.07) is 15.0. The fourth-order valence-electron chi connectivity index (χ4n) is 4.42. The lowest BCUT2D eigenvalue weighted by Gasteiger charge is -2.20. The number of aromatic nitrogens is 2. The fourth-order valence-corrected chi connectivity index (χ4v) is 4.60. The Balaban J connectivity index is 1.22. The van der Waals surface area contributed by atoms with Crippen molar-refractivity contribution in [3.8, 4) is 17.2 Å². The van der Waals surface area contributed by atoms with Crippen LogP contribution in [0.2, 0.25) is 5.02 Å². The Morgan fingerprint density at radius 2 is 2.03 bits per heavy atom. The fraction of sp³-hybridized carbons (Fsp3) is 0.321. The van der Waals surface area contributed by atoms with Crippen molar-refractivity contribution in [2.24, 2.45) is 0 Å². The third-order valence-corrected chi connectivity index (χ3v) is 6.92. The number of halogens is 1. The second-order valence-electron chi connectivity index (χ2n) is 9.53. The average Bonchev–Trinajstić information content (AvgIpc) is 3.57. The van der Waals surface area contributed by atoms with Crippen LogP contribution in [0, 0.1) is 0 Å². The molecule has 3 heterocycles. The van der Waals surface area contributed by atoms with Gasteiger partial charge in [-0.05, 0) is 57.4 Å². The summed E-state index contributed by atoms with van der Waals surface area (Å²) in [4.78, 5) is 25.1. The molecule has 1 aliphatic heterocycles. The van der Waals surface area contributed by atoms with Gasteiger partial charge in [-0.2, -0.15) is 4.98 Å². The Morgan fingerprint density at radius 3 is 2.82 bits per heavy atom. The molecule has 2 N–H and O–H groups in total. The van der Waals surface area contributed by atoms with E-state index < -0.39 is 0 Å². The number of carbonyl (C=O) groups excluding carboxylic acids is 1. The van der Waals surface area contributed by atoms with Gasteiger partial charge in [0.05, 0.1) is 5.02 Å². The highest BCUT2D eigenvalue weighted by atomic mass is 35.5. The first-order valence-electron chi connectivity index (χ1n) is 12.7. The highest BCUT2D eigenvalue weighted by Crippen LogP contribution is 2.32. The number of amides is 1. The van der Waals surface area contributed by atoms with Crippen molar-refractivity contribution in [2.45, 2.75) is 12.5 Å². The van der Waals surface area contributed by atoms with Gasteiger partial charge in [0.2, 0.25) is 0 Å². The Labute approximate surface area is 231 Å². The zero-order valence-electron chi connectivity index (χ0n) is 22.1. The van der Waals surface area contributed by atoms with Gasteiger partial charge in [-0.25, -0.2) is 0 Å². The lowest BCUT2D eigenvalue weighted by atomic mass is 10.2. The molecule has 1 fully saturated rings. The smallest absolute Gasteiger partial charge is 0.300 e. The van der Waals surface area contributed by atoms with Crippen molar-refractivity contribution >= 4 is 40.3 Å². The zero-order valence-corrected chi connectivity index (χ0v) is 22.9. The van der Waals surface area contributed by atoms with Crippen LogP contribution in [0.4, 0.5) is 11.7 Å². The van der Waals surface area contributed by atoms with E-state index in [2.05, 4.69) is 44.5 Å². The summed E-state index contributed by atoms with van der Waals surface area (Å²) >= 11 is 6.39.